The molecule has 8 heteroatoms. The maximum absolute atomic E-state index is 10.1. The Morgan fingerprint density at radius 3 is 2.76 bits per heavy atom. The predicted molar refractivity (Wildman–Crippen MR) is 82.0 cm³/mol. The summed E-state index contributed by atoms with van der Waals surface area (Å²) >= 11 is 0. The fourth-order valence-corrected chi connectivity index (χ4v) is 1.78. The van der Waals surface area contributed by atoms with Gasteiger partial charge in [-0.15, -0.1) is 0 Å². The lowest BCUT2D eigenvalue weighted by Crippen LogP contribution is -2.36. The third-order valence-electron chi connectivity index (χ3n) is 2.80. The number of benzene rings is 1. The summed E-state index contributed by atoms with van der Waals surface area (Å²) in [6.45, 7) is 1.91. The van der Waals surface area contributed by atoms with Crippen LogP contribution in [0, 0.1) is 10.1 Å². The van der Waals surface area contributed by atoms with E-state index in [4.69, 9.17) is 11.5 Å². The van der Waals surface area contributed by atoms with Crippen LogP contribution < -0.4 is 22.2 Å². The average molecular weight is 294 g/mol. The second-order valence-electron chi connectivity index (χ2n) is 4.65. The molecule has 0 heterocycles. The Hall–Kier alpha value is -2.19. The summed E-state index contributed by atoms with van der Waals surface area (Å²) in [5, 5.41) is 12.6. The molecule has 0 amide bonds. The Labute approximate surface area is 123 Å². The minimum absolute atomic E-state index is 0.0219. The third kappa shape index (κ3) is 8.56. The molecule has 0 aliphatic heterocycles. The number of nitrogens with one attached hydrogen (secondary N) is 2. The maximum atomic E-state index is 10.1. The molecule has 1 rings (SSSR count). The second-order valence-corrected chi connectivity index (χ2v) is 4.65. The maximum Gasteiger partial charge on any atom is 0.251 e. The van der Waals surface area contributed by atoms with E-state index in [0.717, 1.165) is 19.4 Å². The van der Waals surface area contributed by atoms with Crippen LogP contribution in [0.4, 0.5) is 0 Å². The Balaban J connectivity index is 2.08. The van der Waals surface area contributed by atoms with Crippen LogP contribution in [-0.4, -0.2) is 30.1 Å². The molecule has 21 heavy (non-hydrogen) atoms. The van der Waals surface area contributed by atoms with E-state index in [-0.39, 0.29) is 12.0 Å². The number of nitrogens with two attached hydrogens (primary N) is 2. The summed E-state index contributed by atoms with van der Waals surface area (Å²) in [7, 11) is 0. The van der Waals surface area contributed by atoms with Crippen molar-refractivity contribution in [1.29, 1.82) is 0 Å². The third-order valence-corrected chi connectivity index (χ3v) is 2.80. The summed E-state index contributed by atoms with van der Waals surface area (Å²) in [4.78, 5) is 13.9. The van der Waals surface area contributed by atoms with Crippen molar-refractivity contribution in [1.82, 2.24) is 10.7 Å². The first-order valence-electron chi connectivity index (χ1n) is 6.79. The van der Waals surface area contributed by atoms with E-state index < -0.39 is 5.03 Å². The number of hydrazine groups is 1. The highest BCUT2D eigenvalue weighted by atomic mass is 16.7. The van der Waals surface area contributed by atoms with Gasteiger partial charge in [-0.3, -0.25) is 0 Å². The molecule has 1 unspecified atom stereocenters. The summed E-state index contributed by atoms with van der Waals surface area (Å²) in [6, 6.07) is 10.1. The van der Waals surface area contributed by atoms with Crippen LogP contribution in [0.5, 0.6) is 0 Å². The van der Waals surface area contributed by atoms with Gasteiger partial charge in [0, 0.05) is 25.7 Å². The SMILES string of the molecule is NC(=NCCCC(N)CNCc1ccccc1)N[N+](=O)[O-]. The van der Waals surface area contributed by atoms with Crippen LogP contribution in [0.3, 0.4) is 0 Å². The Morgan fingerprint density at radius 2 is 2.10 bits per heavy atom. The van der Waals surface area contributed by atoms with Gasteiger partial charge in [0.05, 0.1) is 0 Å². The molecule has 0 aliphatic carbocycles. The molecule has 1 atom stereocenters. The van der Waals surface area contributed by atoms with E-state index in [9.17, 15) is 10.1 Å². The van der Waals surface area contributed by atoms with Crippen LogP contribution in [0.15, 0.2) is 35.3 Å². The van der Waals surface area contributed by atoms with E-state index in [1.54, 1.807) is 5.43 Å². The van der Waals surface area contributed by atoms with Crippen LogP contribution in [0.1, 0.15) is 18.4 Å². The molecular weight excluding hydrogens is 272 g/mol. The van der Waals surface area contributed by atoms with E-state index in [1.807, 2.05) is 18.2 Å². The Morgan fingerprint density at radius 1 is 1.38 bits per heavy atom. The largest absolute Gasteiger partial charge is 0.365 e. The van der Waals surface area contributed by atoms with E-state index >= 15 is 0 Å². The first-order chi connectivity index (χ1) is 10.1. The van der Waals surface area contributed by atoms with Gasteiger partial charge in [0.1, 0.15) is 0 Å². The molecule has 0 saturated heterocycles. The zero-order valence-electron chi connectivity index (χ0n) is 11.9. The summed E-state index contributed by atoms with van der Waals surface area (Å²) < 4.78 is 0. The molecule has 0 saturated carbocycles. The first-order valence-corrected chi connectivity index (χ1v) is 6.79. The second kappa shape index (κ2) is 9.67. The smallest absolute Gasteiger partial charge is 0.251 e. The van der Waals surface area contributed by atoms with Crippen molar-refractivity contribution in [2.24, 2.45) is 16.5 Å². The predicted octanol–water partition coefficient (Wildman–Crippen LogP) is -0.0203. The van der Waals surface area contributed by atoms with Crippen LogP contribution >= 0.6 is 0 Å². The topological polar surface area (TPSA) is 132 Å². The van der Waals surface area contributed by atoms with Gasteiger partial charge in [-0.25, -0.2) is 15.1 Å². The molecule has 6 N–H and O–H groups in total. The molecular formula is C13H22N6O2. The average Bonchev–Trinajstić information content (AvgIpc) is 2.44. The monoisotopic (exact) mass is 294 g/mol. The van der Waals surface area contributed by atoms with Crippen molar-refractivity contribution in [3.63, 3.8) is 0 Å². The van der Waals surface area contributed by atoms with Gasteiger partial charge in [-0.2, -0.15) is 0 Å². The minimum Gasteiger partial charge on any atom is -0.365 e. The molecule has 0 bridgehead atoms. The molecule has 8 nitrogen and oxygen atoms in total. The number of rotatable bonds is 9. The lowest BCUT2D eigenvalue weighted by Gasteiger charge is -2.12. The molecule has 0 spiro atoms. The summed E-state index contributed by atoms with van der Waals surface area (Å²) in [5.41, 5.74) is 14.3. The van der Waals surface area contributed by atoms with Gasteiger partial charge in [0.15, 0.2) is 5.03 Å². The molecule has 0 aliphatic rings. The van der Waals surface area contributed by atoms with Gasteiger partial charge in [0.2, 0.25) is 0 Å². The van der Waals surface area contributed by atoms with Crippen LogP contribution in [-0.2, 0) is 6.54 Å². The highest BCUT2D eigenvalue weighted by molar-refractivity contribution is 5.76. The standard InChI is InChI=1S/C13H22N6O2/c14-12(7-4-8-17-13(15)18-19(20)21)10-16-9-11-5-2-1-3-6-11/h1-3,5-6,12,16H,4,7-10,14H2,(H3,15,17,18). The van der Waals surface area contributed by atoms with Gasteiger partial charge >= 0.3 is 0 Å². The van der Waals surface area contributed by atoms with Crippen molar-refractivity contribution in [2.45, 2.75) is 25.4 Å². The van der Waals surface area contributed by atoms with Gasteiger partial charge < -0.3 is 16.8 Å². The molecule has 116 valence electrons. The Bertz CT molecular complexity index is 451. The Kier molecular flexibility index (Phi) is 7.77. The lowest BCUT2D eigenvalue weighted by atomic mass is 10.1. The quantitative estimate of drug-likeness (QED) is 0.166. The number of hydrogen-bond donors (Lipinski definition) is 4. The van der Waals surface area contributed by atoms with E-state index in [2.05, 4.69) is 22.4 Å². The van der Waals surface area contributed by atoms with Crippen molar-refractivity contribution >= 4 is 5.96 Å². The number of aliphatic imine (C=N–C) groups is 1. The lowest BCUT2D eigenvalue weighted by molar-refractivity contribution is -0.525. The summed E-state index contributed by atoms with van der Waals surface area (Å²) in [5.74, 6) is -0.184. The van der Waals surface area contributed by atoms with Crippen LogP contribution in [0.2, 0.25) is 0 Å². The van der Waals surface area contributed by atoms with Crippen molar-refractivity contribution in [2.75, 3.05) is 13.1 Å². The number of guanidine groups is 1. The minimum atomic E-state index is -0.738. The van der Waals surface area contributed by atoms with Crippen molar-refractivity contribution < 1.29 is 5.03 Å². The zero-order valence-corrected chi connectivity index (χ0v) is 11.9. The molecule has 0 fully saturated rings. The van der Waals surface area contributed by atoms with Gasteiger partial charge in [-0.1, -0.05) is 35.8 Å². The first kappa shape index (κ1) is 16.9. The zero-order chi connectivity index (χ0) is 15.5. The fraction of sp³-hybridized carbons (Fsp3) is 0.462. The normalized spacial score (nSPS) is 12.9. The fourth-order valence-electron chi connectivity index (χ4n) is 1.78. The van der Waals surface area contributed by atoms with E-state index in [1.165, 1.54) is 5.56 Å². The molecule has 1 aromatic carbocycles. The molecule has 0 radical (unpaired) electrons. The number of nitro groups is 1. The van der Waals surface area contributed by atoms with Crippen molar-refractivity contribution in [3.05, 3.63) is 46.0 Å². The van der Waals surface area contributed by atoms with Gasteiger partial charge in [-0.05, 0) is 18.4 Å². The highest BCUT2D eigenvalue weighted by Gasteiger charge is 2.03. The summed E-state index contributed by atoms with van der Waals surface area (Å²) in [6.07, 6.45) is 1.51. The number of hydrogen-bond acceptors (Lipinski definition) is 5. The van der Waals surface area contributed by atoms with Gasteiger partial charge in [0.25, 0.3) is 5.96 Å². The van der Waals surface area contributed by atoms with E-state index in [0.29, 0.717) is 13.1 Å². The van der Waals surface area contributed by atoms with Crippen molar-refractivity contribution in [3.8, 4) is 0 Å². The molecule has 0 aromatic heterocycles. The molecule has 1 aromatic rings. The highest BCUT2D eigenvalue weighted by Crippen LogP contribution is 1.98. The van der Waals surface area contributed by atoms with Crippen LogP contribution in [0.25, 0.3) is 0 Å². The number of nitrogens with zero attached hydrogens (tertiary/aromatic N) is 2.